The van der Waals surface area contributed by atoms with Crippen molar-refractivity contribution in [1.29, 1.82) is 0 Å². The van der Waals surface area contributed by atoms with Gasteiger partial charge in [0, 0.05) is 39.8 Å². The van der Waals surface area contributed by atoms with Gasteiger partial charge in [0.05, 0.1) is 5.02 Å². The summed E-state index contributed by atoms with van der Waals surface area (Å²) in [7, 11) is 0. The quantitative estimate of drug-likeness (QED) is 0.304. The molecule has 0 unspecified atom stereocenters. The van der Waals surface area contributed by atoms with E-state index in [4.69, 9.17) is 27.9 Å². The summed E-state index contributed by atoms with van der Waals surface area (Å²) in [5.41, 5.74) is 3.67. The van der Waals surface area contributed by atoms with E-state index in [2.05, 4.69) is 28.6 Å². The van der Waals surface area contributed by atoms with E-state index in [-0.39, 0.29) is 12.4 Å². The normalized spacial score (nSPS) is 11.2. The van der Waals surface area contributed by atoms with Gasteiger partial charge in [0.2, 0.25) is 0 Å². The van der Waals surface area contributed by atoms with Gasteiger partial charge in [-0.1, -0.05) is 47.5 Å². The first kappa shape index (κ1) is 20.7. The molecule has 0 saturated heterocycles. The van der Waals surface area contributed by atoms with Crippen LogP contribution in [0.1, 0.15) is 16.7 Å². The van der Waals surface area contributed by atoms with Gasteiger partial charge < -0.3 is 15.0 Å². The fourth-order valence-electron chi connectivity index (χ4n) is 3.43. The molecule has 4 aromatic rings. The van der Waals surface area contributed by atoms with E-state index >= 15 is 0 Å². The van der Waals surface area contributed by atoms with Crippen LogP contribution in [0.3, 0.4) is 0 Å². The number of halogens is 3. The zero-order valence-corrected chi connectivity index (χ0v) is 17.7. The molecule has 1 heterocycles. The fourth-order valence-corrected chi connectivity index (χ4v) is 3.84. The minimum atomic E-state index is -0.380. The third kappa shape index (κ3) is 4.78. The summed E-state index contributed by atoms with van der Waals surface area (Å²) in [6.07, 6.45) is 2.95. The summed E-state index contributed by atoms with van der Waals surface area (Å²) in [4.78, 5) is 3.30. The van der Waals surface area contributed by atoms with Gasteiger partial charge in [-0.15, -0.1) is 0 Å². The monoisotopic (exact) mass is 442 g/mol. The Morgan fingerprint density at radius 3 is 2.70 bits per heavy atom. The number of aromatic nitrogens is 1. The van der Waals surface area contributed by atoms with Crippen LogP contribution in [0.25, 0.3) is 10.9 Å². The van der Waals surface area contributed by atoms with E-state index in [1.54, 1.807) is 24.3 Å². The fraction of sp³-hybridized carbons (Fsp3) is 0.167. The predicted molar refractivity (Wildman–Crippen MR) is 121 cm³/mol. The molecule has 1 aromatic heterocycles. The lowest BCUT2D eigenvalue weighted by atomic mass is 10.1. The number of hydrogen-bond acceptors (Lipinski definition) is 2. The molecule has 0 aliphatic rings. The number of nitrogens with one attached hydrogen (secondary N) is 2. The maximum Gasteiger partial charge on any atom is 0.131 e. The standard InChI is InChI=1S/C24H21Cl2FN2O/c25-18-8-9-24(30-15-20-21(26)5-3-6-22(20)27)17(12-18)13-28-11-10-16-14-29-23-7-2-1-4-19(16)23/h1-9,12,14,28-29H,10-11,13,15H2. The molecule has 2 N–H and O–H groups in total. The Balaban J connectivity index is 1.38. The van der Waals surface area contributed by atoms with Gasteiger partial charge >= 0.3 is 0 Å². The number of para-hydroxylation sites is 1. The van der Waals surface area contributed by atoms with Crippen LogP contribution in [0.5, 0.6) is 5.75 Å². The molecule has 0 bridgehead atoms. The number of ether oxygens (including phenoxy) is 1. The van der Waals surface area contributed by atoms with E-state index in [1.165, 1.54) is 17.0 Å². The van der Waals surface area contributed by atoms with Gasteiger partial charge in [0.25, 0.3) is 0 Å². The highest BCUT2D eigenvalue weighted by Gasteiger charge is 2.11. The van der Waals surface area contributed by atoms with Crippen LogP contribution in [0.4, 0.5) is 4.39 Å². The summed E-state index contributed by atoms with van der Waals surface area (Å²) in [6, 6.07) is 18.3. The molecule has 154 valence electrons. The highest BCUT2D eigenvalue weighted by molar-refractivity contribution is 6.31. The molecule has 0 spiro atoms. The molecule has 30 heavy (non-hydrogen) atoms. The molecule has 4 rings (SSSR count). The Kier molecular flexibility index (Phi) is 6.58. The zero-order chi connectivity index (χ0) is 20.9. The van der Waals surface area contributed by atoms with Crippen LogP contribution >= 0.6 is 23.2 Å². The lowest BCUT2D eigenvalue weighted by molar-refractivity contribution is 0.296. The average molecular weight is 443 g/mol. The summed E-state index contributed by atoms with van der Waals surface area (Å²) < 4.78 is 19.9. The molecule has 0 aliphatic carbocycles. The van der Waals surface area contributed by atoms with Crippen molar-refractivity contribution in [2.45, 2.75) is 19.6 Å². The number of aromatic amines is 1. The Labute approximate surface area is 184 Å². The zero-order valence-electron chi connectivity index (χ0n) is 16.2. The van der Waals surface area contributed by atoms with Crippen molar-refractivity contribution in [3.05, 3.63) is 99.4 Å². The number of H-pyrrole nitrogens is 1. The third-order valence-electron chi connectivity index (χ3n) is 5.02. The first-order valence-electron chi connectivity index (χ1n) is 9.71. The Bertz CT molecular complexity index is 1140. The lowest BCUT2D eigenvalue weighted by Gasteiger charge is -2.14. The molecule has 0 atom stereocenters. The smallest absolute Gasteiger partial charge is 0.131 e. The van der Waals surface area contributed by atoms with Crippen molar-refractivity contribution < 1.29 is 9.13 Å². The van der Waals surface area contributed by atoms with E-state index in [0.29, 0.717) is 27.9 Å². The molecular weight excluding hydrogens is 422 g/mol. The van der Waals surface area contributed by atoms with E-state index in [1.807, 2.05) is 18.2 Å². The van der Waals surface area contributed by atoms with Gasteiger partial charge in [-0.05, 0) is 54.9 Å². The summed E-state index contributed by atoms with van der Waals surface area (Å²) in [5.74, 6) is 0.271. The van der Waals surface area contributed by atoms with Crippen molar-refractivity contribution in [3.8, 4) is 5.75 Å². The minimum absolute atomic E-state index is 0.0511. The van der Waals surface area contributed by atoms with Crippen molar-refractivity contribution in [3.63, 3.8) is 0 Å². The average Bonchev–Trinajstić information content (AvgIpc) is 3.15. The van der Waals surface area contributed by atoms with Crippen LogP contribution in [0, 0.1) is 5.82 Å². The van der Waals surface area contributed by atoms with Crippen LogP contribution in [0.15, 0.2) is 66.9 Å². The van der Waals surface area contributed by atoms with Crippen molar-refractivity contribution in [1.82, 2.24) is 10.3 Å². The number of rotatable bonds is 8. The summed E-state index contributed by atoms with van der Waals surface area (Å²) in [5, 5.41) is 5.66. The molecule has 0 radical (unpaired) electrons. The van der Waals surface area contributed by atoms with Gasteiger partial charge in [0.1, 0.15) is 18.2 Å². The molecule has 6 heteroatoms. The molecule has 0 saturated carbocycles. The maximum absolute atomic E-state index is 14.0. The Morgan fingerprint density at radius 1 is 0.967 bits per heavy atom. The maximum atomic E-state index is 14.0. The second-order valence-corrected chi connectivity index (χ2v) is 7.87. The van der Waals surface area contributed by atoms with E-state index < -0.39 is 0 Å². The van der Waals surface area contributed by atoms with Crippen LogP contribution in [0.2, 0.25) is 10.0 Å². The van der Waals surface area contributed by atoms with Gasteiger partial charge in [0.15, 0.2) is 0 Å². The number of benzene rings is 3. The van der Waals surface area contributed by atoms with Gasteiger partial charge in [-0.2, -0.15) is 0 Å². The first-order chi connectivity index (χ1) is 14.6. The van der Waals surface area contributed by atoms with Crippen molar-refractivity contribution >= 4 is 34.1 Å². The summed E-state index contributed by atoms with van der Waals surface area (Å²) >= 11 is 12.3. The molecule has 0 aliphatic heterocycles. The SMILES string of the molecule is Fc1cccc(Cl)c1COc1ccc(Cl)cc1CNCCc1c[nH]c2ccccc12. The first-order valence-corrected chi connectivity index (χ1v) is 10.5. The van der Waals surface area contributed by atoms with Crippen molar-refractivity contribution in [2.24, 2.45) is 0 Å². The second-order valence-electron chi connectivity index (χ2n) is 7.03. The van der Waals surface area contributed by atoms with Gasteiger partial charge in [-0.25, -0.2) is 4.39 Å². The molecule has 0 fully saturated rings. The largest absolute Gasteiger partial charge is 0.488 e. The number of hydrogen-bond donors (Lipinski definition) is 2. The van der Waals surface area contributed by atoms with Crippen LogP contribution < -0.4 is 10.1 Å². The molecule has 0 amide bonds. The van der Waals surface area contributed by atoms with E-state index in [9.17, 15) is 4.39 Å². The Morgan fingerprint density at radius 2 is 1.83 bits per heavy atom. The van der Waals surface area contributed by atoms with Crippen LogP contribution in [-0.2, 0) is 19.6 Å². The molecular formula is C24H21Cl2FN2O. The third-order valence-corrected chi connectivity index (χ3v) is 5.61. The van der Waals surface area contributed by atoms with Gasteiger partial charge in [-0.3, -0.25) is 0 Å². The van der Waals surface area contributed by atoms with Crippen LogP contribution in [-0.4, -0.2) is 11.5 Å². The highest BCUT2D eigenvalue weighted by Crippen LogP contribution is 2.26. The number of fused-ring (bicyclic) bond motifs is 1. The summed E-state index contributed by atoms with van der Waals surface area (Å²) in [6.45, 7) is 1.44. The lowest BCUT2D eigenvalue weighted by Crippen LogP contribution is -2.17. The predicted octanol–water partition coefficient (Wildman–Crippen LogP) is 6.53. The van der Waals surface area contributed by atoms with Crippen molar-refractivity contribution in [2.75, 3.05) is 6.54 Å². The Hall–Kier alpha value is -2.53. The highest BCUT2D eigenvalue weighted by atomic mass is 35.5. The molecule has 3 aromatic carbocycles. The van der Waals surface area contributed by atoms with E-state index in [0.717, 1.165) is 24.0 Å². The topological polar surface area (TPSA) is 37.0 Å². The second kappa shape index (κ2) is 9.52. The minimum Gasteiger partial charge on any atom is -0.488 e. The molecule has 3 nitrogen and oxygen atoms in total.